The Morgan fingerprint density at radius 1 is 1.31 bits per heavy atom. The number of hydrogen-bond acceptors (Lipinski definition) is 2. The van der Waals surface area contributed by atoms with E-state index in [2.05, 4.69) is 24.9 Å². The molecule has 13 heavy (non-hydrogen) atoms. The van der Waals surface area contributed by atoms with Gasteiger partial charge in [0.05, 0.1) is 5.69 Å². The minimum Gasteiger partial charge on any atom is -0.477 e. The van der Waals surface area contributed by atoms with Crippen LogP contribution in [0.1, 0.15) is 19.4 Å². The molecule has 2 heteroatoms. The van der Waals surface area contributed by atoms with Crippen molar-refractivity contribution in [2.24, 2.45) is 4.99 Å². The topological polar surface area (TPSA) is 21.6 Å². The Hall–Kier alpha value is -1.31. The highest BCUT2D eigenvalue weighted by Gasteiger charge is 2.22. The first-order valence-electron chi connectivity index (χ1n) is 4.46. The maximum atomic E-state index is 5.48. The molecular formula is C11H13NO. The Kier molecular flexibility index (Phi) is 1.83. The number of para-hydroxylation sites is 1. The first kappa shape index (κ1) is 8.30. The van der Waals surface area contributed by atoms with Crippen LogP contribution in [0.3, 0.4) is 0 Å². The molecule has 0 unspecified atom stereocenters. The second kappa shape index (κ2) is 2.87. The van der Waals surface area contributed by atoms with E-state index in [-0.39, 0.29) is 5.60 Å². The molecule has 0 N–H and O–H groups in total. The predicted molar refractivity (Wildman–Crippen MR) is 53.5 cm³/mol. The van der Waals surface area contributed by atoms with Crippen LogP contribution in [0.2, 0.25) is 0 Å². The summed E-state index contributed by atoms with van der Waals surface area (Å²) in [5.41, 5.74) is 2.13. The van der Waals surface area contributed by atoms with Crippen molar-refractivity contribution in [1.29, 1.82) is 0 Å². The molecule has 0 amide bonds. The van der Waals surface area contributed by atoms with Crippen LogP contribution in [-0.2, 0) is 11.2 Å². The number of benzene rings is 1. The van der Waals surface area contributed by atoms with Gasteiger partial charge in [-0.3, -0.25) is 0 Å². The number of fused-ring (bicyclic) bond motifs is 1. The summed E-state index contributed by atoms with van der Waals surface area (Å²) in [6.45, 7) is 4.14. The third-order valence-electron chi connectivity index (χ3n) is 2.17. The van der Waals surface area contributed by atoms with Gasteiger partial charge in [-0.1, -0.05) is 18.2 Å². The molecule has 0 atom stereocenters. The fourth-order valence-corrected chi connectivity index (χ4v) is 1.51. The highest BCUT2D eigenvalue weighted by Crippen LogP contribution is 2.27. The number of nitrogens with zero attached hydrogens (tertiary/aromatic N) is 1. The van der Waals surface area contributed by atoms with E-state index < -0.39 is 0 Å². The Balaban J connectivity index is 2.43. The van der Waals surface area contributed by atoms with Gasteiger partial charge in [-0.25, -0.2) is 4.99 Å². The van der Waals surface area contributed by atoms with Crippen molar-refractivity contribution in [2.45, 2.75) is 25.9 Å². The molecule has 1 aromatic rings. The van der Waals surface area contributed by atoms with Gasteiger partial charge in [0, 0.05) is 6.42 Å². The van der Waals surface area contributed by atoms with Crippen molar-refractivity contribution in [2.75, 3.05) is 0 Å². The van der Waals surface area contributed by atoms with Gasteiger partial charge in [-0.05, 0) is 25.5 Å². The lowest BCUT2D eigenvalue weighted by Gasteiger charge is -2.21. The molecule has 0 spiro atoms. The Morgan fingerprint density at radius 2 is 2.08 bits per heavy atom. The predicted octanol–water partition coefficient (Wildman–Crippen LogP) is 2.70. The second-order valence-corrected chi connectivity index (χ2v) is 3.92. The van der Waals surface area contributed by atoms with E-state index in [9.17, 15) is 0 Å². The maximum Gasteiger partial charge on any atom is 0.175 e. The minimum absolute atomic E-state index is 0.143. The van der Waals surface area contributed by atoms with Crippen molar-refractivity contribution >= 4 is 12.1 Å². The highest BCUT2D eigenvalue weighted by atomic mass is 16.5. The average Bonchev–Trinajstić information content (AvgIpc) is 2.21. The van der Waals surface area contributed by atoms with Crippen LogP contribution >= 0.6 is 0 Å². The van der Waals surface area contributed by atoms with Crippen LogP contribution in [-0.4, -0.2) is 12.0 Å². The van der Waals surface area contributed by atoms with Gasteiger partial charge in [-0.2, -0.15) is 0 Å². The zero-order valence-corrected chi connectivity index (χ0v) is 7.95. The van der Waals surface area contributed by atoms with Crippen molar-refractivity contribution in [3.8, 4) is 0 Å². The van der Waals surface area contributed by atoms with Crippen LogP contribution in [0.25, 0.3) is 0 Å². The van der Waals surface area contributed by atoms with Crippen LogP contribution in [0, 0.1) is 0 Å². The van der Waals surface area contributed by atoms with E-state index in [0.29, 0.717) is 0 Å². The molecule has 0 aromatic heterocycles. The molecule has 1 aromatic carbocycles. The number of aliphatic imine (C=N–C) groups is 1. The van der Waals surface area contributed by atoms with Gasteiger partial charge in [0.15, 0.2) is 6.40 Å². The van der Waals surface area contributed by atoms with Gasteiger partial charge in [0.2, 0.25) is 0 Å². The summed E-state index contributed by atoms with van der Waals surface area (Å²) in [6, 6.07) is 8.14. The molecule has 0 bridgehead atoms. The lowest BCUT2D eigenvalue weighted by atomic mass is 9.97. The lowest BCUT2D eigenvalue weighted by molar-refractivity contribution is 0.107. The third-order valence-corrected chi connectivity index (χ3v) is 2.17. The van der Waals surface area contributed by atoms with Gasteiger partial charge in [-0.15, -0.1) is 0 Å². The summed E-state index contributed by atoms with van der Waals surface area (Å²) in [5.74, 6) is 0. The zero-order valence-electron chi connectivity index (χ0n) is 7.95. The molecule has 1 aliphatic rings. The van der Waals surface area contributed by atoms with Gasteiger partial charge < -0.3 is 4.74 Å². The number of hydrogen-bond donors (Lipinski definition) is 0. The fourth-order valence-electron chi connectivity index (χ4n) is 1.51. The van der Waals surface area contributed by atoms with Crippen molar-refractivity contribution < 1.29 is 4.74 Å². The van der Waals surface area contributed by atoms with Crippen molar-refractivity contribution in [3.05, 3.63) is 29.8 Å². The third kappa shape index (κ3) is 1.72. The van der Waals surface area contributed by atoms with E-state index in [1.807, 2.05) is 18.2 Å². The minimum atomic E-state index is -0.143. The largest absolute Gasteiger partial charge is 0.477 e. The average molecular weight is 175 g/mol. The smallest absolute Gasteiger partial charge is 0.175 e. The van der Waals surface area contributed by atoms with Gasteiger partial charge in [0.25, 0.3) is 0 Å². The summed E-state index contributed by atoms with van der Waals surface area (Å²) in [5, 5.41) is 0. The molecule has 0 saturated carbocycles. The van der Waals surface area contributed by atoms with Crippen molar-refractivity contribution in [3.63, 3.8) is 0 Å². The summed E-state index contributed by atoms with van der Waals surface area (Å²) in [6.07, 6.45) is 2.45. The van der Waals surface area contributed by atoms with E-state index >= 15 is 0 Å². The molecular weight excluding hydrogens is 162 g/mol. The summed E-state index contributed by atoms with van der Waals surface area (Å²) in [4.78, 5) is 4.24. The monoisotopic (exact) mass is 175 g/mol. The fraction of sp³-hybridized carbons (Fsp3) is 0.364. The summed E-state index contributed by atoms with van der Waals surface area (Å²) < 4.78 is 5.48. The molecule has 1 aliphatic heterocycles. The van der Waals surface area contributed by atoms with E-state index in [0.717, 1.165) is 12.1 Å². The summed E-state index contributed by atoms with van der Waals surface area (Å²) >= 11 is 0. The number of ether oxygens (including phenoxy) is 1. The number of rotatable bonds is 0. The van der Waals surface area contributed by atoms with Crippen LogP contribution < -0.4 is 0 Å². The molecule has 0 fully saturated rings. The Morgan fingerprint density at radius 3 is 2.92 bits per heavy atom. The SMILES string of the molecule is CC1(C)Cc2ccccc2N=CO1. The van der Waals surface area contributed by atoms with Crippen LogP contribution in [0.5, 0.6) is 0 Å². The quantitative estimate of drug-likeness (QED) is 0.594. The first-order chi connectivity index (χ1) is 6.17. The molecule has 0 saturated heterocycles. The van der Waals surface area contributed by atoms with Gasteiger partial charge >= 0.3 is 0 Å². The van der Waals surface area contributed by atoms with Crippen LogP contribution in [0.4, 0.5) is 5.69 Å². The molecule has 2 nitrogen and oxygen atoms in total. The van der Waals surface area contributed by atoms with Crippen molar-refractivity contribution in [1.82, 2.24) is 0 Å². The molecule has 0 radical (unpaired) electrons. The maximum absolute atomic E-state index is 5.48. The Labute approximate surface area is 78.3 Å². The Bertz CT molecular complexity index is 342. The van der Waals surface area contributed by atoms with Gasteiger partial charge in [0.1, 0.15) is 5.60 Å². The van der Waals surface area contributed by atoms with E-state index in [1.165, 1.54) is 5.56 Å². The molecule has 0 aliphatic carbocycles. The molecule has 2 rings (SSSR count). The lowest BCUT2D eigenvalue weighted by Crippen LogP contribution is -2.25. The molecule has 1 heterocycles. The van der Waals surface area contributed by atoms with E-state index in [4.69, 9.17) is 4.74 Å². The standard InChI is InChI=1S/C11H13NO/c1-11(2)7-9-5-3-4-6-10(9)12-8-13-11/h3-6,8H,7H2,1-2H3. The normalized spacial score (nSPS) is 18.6. The summed E-state index contributed by atoms with van der Waals surface area (Å²) in [7, 11) is 0. The second-order valence-electron chi connectivity index (χ2n) is 3.92. The molecule has 68 valence electrons. The highest BCUT2D eigenvalue weighted by molar-refractivity contribution is 5.60. The van der Waals surface area contributed by atoms with Crippen LogP contribution in [0.15, 0.2) is 29.3 Å². The zero-order chi connectivity index (χ0) is 9.31. The van der Waals surface area contributed by atoms with E-state index in [1.54, 1.807) is 6.40 Å². The first-order valence-corrected chi connectivity index (χ1v) is 4.46.